The Kier molecular flexibility index (Phi) is 3.51. The highest BCUT2D eigenvalue weighted by Crippen LogP contribution is 2.50. The van der Waals surface area contributed by atoms with Gasteiger partial charge < -0.3 is 5.11 Å². The van der Waals surface area contributed by atoms with Crippen molar-refractivity contribution in [3.8, 4) is 0 Å². The third-order valence-corrected chi connectivity index (χ3v) is 5.17. The van der Waals surface area contributed by atoms with Crippen LogP contribution in [0.15, 0.2) is 0 Å². The molecule has 0 radical (unpaired) electrons. The van der Waals surface area contributed by atoms with E-state index >= 15 is 0 Å². The van der Waals surface area contributed by atoms with E-state index in [4.69, 9.17) is 0 Å². The van der Waals surface area contributed by atoms with E-state index in [2.05, 4.69) is 13.8 Å². The zero-order valence-corrected chi connectivity index (χ0v) is 11.3. The maximum atomic E-state index is 11.7. The zero-order chi connectivity index (χ0) is 12.5. The van der Waals surface area contributed by atoms with Gasteiger partial charge in [0.15, 0.2) is 0 Å². The molecule has 2 fully saturated rings. The minimum atomic E-state index is -0.528. The number of carboxylic acid groups (broad SMARTS) is 1. The highest BCUT2D eigenvalue weighted by Gasteiger charge is 2.45. The van der Waals surface area contributed by atoms with E-state index in [1.54, 1.807) is 0 Å². The molecule has 0 saturated heterocycles. The minimum absolute atomic E-state index is 0.356. The van der Waals surface area contributed by atoms with Gasteiger partial charge in [-0.3, -0.25) is 4.79 Å². The molecule has 0 aromatic rings. The third kappa shape index (κ3) is 2.83. The van der Waals surface area contributed by atoms with Gasteiger partial charge in [0.25, 0.3) is 0 Å². The smallest absolute Gasteiger partial charge is 0.309 e. The molecule has 0 heterocycles. The Hall–Kier alpha value is -0.530. The summed E-state index contributed by atoms with van der Waals surface area (Å²) in [5, 5.41) is 9.62. The molecule has 0 spiro atoms. The summed E-state index contributed by atoms with van der Waals surface area (Å²) in [6.45, 7) is 4.54. The van der Waals surface area contributed by atoms with Gasteiger partial charge in [-0.1, -0.05) is 39.5 Å². The van der Waals surface area contributed by atoms with Gasteiger partial charge in [-0.2, -0.15) is 0 Å². The Labute approximate surface area is 105 Å². The lowest BCUT2D eigenvalue weighted by atomic mass is 9.62. The quantitative estimate of drug-likeness (QED) is 0.798. The minimum Gasteiger partial charge on any atom is -0.481 e. The molecule has 17 heavy (non-hydrogen) atoms. The standard InChI is InChI=1S/C15H26O2/c1-14(2)7-9-15(10-8-14,13(16)17)11-12-5-3-4-6-12/h12H,3-11H2,1-2H3,(H,16,17). The Morgan fingerprint density at radius 1 is 1.12 bits per heavy atom. The largest absolute Gasteiger partial charge is 0.481 e. The first-order valence-electron chi connectivity index (χ1n) is 7.17. The molecule has 0 atom stereocenters. The van der Waals surface area contributed by atoms with Gasteiger partial charge >= 0.3 is 5.97 Å². The van der Waals surface area contributed by atoms with Crippen molar-refractivity contribution in [2.75, 3.05) is 0 Å². The molecule has 2 saturated carbocycles. The van der Waals surface area contributed by atoms with E-state index in [9.17, 15) is 9.90 Å². The van der Waals surface area contributed by atoms with Crippen molar-refractivity contribution in [3.63, 3.8) is 0 Å². The van der Waals surface area contributed by atoms with Crippen LogP contribution >= 0.6 is 0 Å². The maximum absolute atomic E-state index is 11.7. The van der Waals surface area contributed by atoms with E-state index in [0.717, 1.165) is 32.1 Å². The summed E-state index contributed by atoms with van der Waals surface area (Å²) in [7, 11) is 0. The van der Waals surface area contributed by atoms with Crippen LogP contribution in [0.3, 0.4) is 0 Å². The fourth-order valence-corrected chi connectivity index (χ4v) is 3.68. The summed E-state index contributed by atoms with van der Waals surface area (Å²) in [4.78, 5) is 11.7. The van der Waals surface area contributed by atoms with E-state index < -0.39 is 5.97 Å². The molecular formula is C15H26O2. The highest BCUT2D eigenvalue weighted by atomic mass is 16.4. The van der Waals surface area contributed by atoms with E-state index in [-0.39, 0.29) is 5.41 Å². The Morgan fingerprint density at radius 3 is 2.12 bits per heavy atom. The fourth-order valence-electron chi connectivity index (χ4n) is 3.68. The van der Waals surface area contributed by atoms with Crippen LogP contribution in [0.4, 0.5) is 0 Å². The van der Waals surface area contributed by atoms with Crippen LogP contribution in [-0.2, 0) is 4.79 Å². The number of aliphatic carboxylic acids is 1. The first-order valence-corrected chi connectivity index (χ1v) is 7.17. The van der Waals surface area contributed by atoms with Crippen molar-refractivity contribution < 1.29 is 9.90 Å². The van der Waals surface area contributed by atoms with Crippen LogP contribution in [0.2, 0.25) is 0 Å². The highest BCUT2D eigenvalue weighted by molar-refractivity contribution is 5.74. The molecule has 0 bridgehead atoms. The summed E-state index contributed by atoms with van der Waals surface area (Å²) in [6, 6.07) is 0. The van der Waals surface area contributed by atoms with Crippen LogP contribution in [0.1, 0.15) is 71.6 Å². The second-order valence-electron chi connectivity index (χ2n) is 7.10. The molecule has 0 amide bonds. The molecule has 2 aliphatic rings. The maximum Gasteiger partial charge on any atom is 0.309 e. The van der Waals surface area contributed by atoms with Gasteiger partial charge in [-0.15, -0.1) is 0 Å². The molecule has 1 N–H and O–H groups in total. The number of rotatable bonds is 3. The molecule has 2 heteroatoms. The van der Waals surface area contributed by atoms with Gasteiger partial charge in [-0.05, 0) is 43.4 Å². The topological polar surface area (TPSA) is 37.3 Å². The van der Waals surface area contributed by atoms with Crippen molar-refractivity contribution in [3.05, 3.63) is 0 Å². The van der Waals surface area contributed by atoms with Crippen molar-refractivity contribution in [2.24, 2.45) is 16.7 Å². The third-order valence-electron chi connectivity index (χ3n) is 5.17. The van der Waals surface area contributed by atoms with Crippen LogP contribution in [0.25, 0.3) is 0 Å². The Balaban J connectivity index is 2.03. The monoisotopic (exact) mass is 238 g/mol. The summed E-state index contributed by atoms with van der Waals surface area (Å²) in [6.07, 6.45) is 10.0. The van der Waals surface area contributed by atoms with Gasteiger partial charge in [-0.25, -0.2) is 0 Å². The molecule has 0 aromatic heterocycles. The number of hydrogen-bond acceptors (Lipinski definition) is 1. The lowest BCUT2D eigenvalue weighted by molar-refractivity contribution is -0.154. The SMILES string of the molecule is CC1(C)CCC(CC2CCCC2)(C(=O)O)CC1. The average Bonchev–Trinajstić information content (AvgIpc) is 2.74. The summed E-state index contributed by atoms with van der Waals surface area (Å²) < 4.78 is 0. The number of hydrogen-bond donors (Lipinski definition) is 1. The van der Waals surface area contributed by atoms with Crippen LogP contribution in [-0.4, -0.2) is 11.1 Å². The molecule has 0 unspecified atom stereocenters. The van der Waals surface area contributed by atoms with E-state index in [1.807, 2.05) is 0 Å². The summed E-state index contributed by atoms with van der Waals surface area (Å²) in [5.41, 5.74) is -0.0286. The number of carboxylic acids is 1. The van der Waals surface area contributed by atoms with Crippen LogP contribution in [0, 0.1) is 16.7 Å². The van der Waals surface area contributed by atoms with Crippen molar-refractivity contribution in [1.82, 2.24) is 0 Å². The second kappa shape index (κ2) is 4.62. The molecule has 0 aliphatic heterocycles. The number of carbonyl (C=O) groups is 1. The molecule has 2 aliphatic carbocycles. The van der Waals surface area contributed by atoms with Crippen LogP contribution in [0.5, 0.6) is 0 Å². The first kappa shape index (κ1) is 12.9. The first-order chi connectivity index (χ1) is 7.94. The molecule has 98 valence electrons. The van der Waals surface area contributed by atoms with Crippen LogP contribution < -0.4 is 0 Å². The molecular weight excluding hydrogens is 212 g/mol. The second-order valence-corrected chi connectivity index (χ2v) is 7.10. The van der Waals surface area contributed by atoms with E-state index in [1.165, 1.54) is 25.7 Å². The average molecular weight is 238 g/mol. The lowest BCUT2D eigenvalue weighted by Gasteiger charge is -2.42. The normalized spacial score (nSPS) is 28.1. The zero-order valence-electron chi connectivity index (χ0n) is 11.3. The molecule has 2 rings (SSSR count). The van der Waals surface area contributed by atoms with Gasteiger partial charge in [0.2, 0.25) is 0 Å². The molecule has 0 aromatic carbocycles. The van der Waals surface area contributed by atoms with Gasteiger partial charge in [0.1, 0.15) is 0 Å². The predicted molar refractivity (Wildman–Crippen MR) is 68.9 cm³/mol. The predicted octanol–water partition coefficient (Wildman–Crippen LogP) is 4.24. The van der Waals surface area contributed by atoms with E-state index in [0.29, 0.717) is 11.3 Å². The summed E-state index contributed by atoms with van der Waals surface area (Å²) >= 11 is 0. The van der Waals surface area contributed by atoms with Crippen molar-refractivity contribution in [2.45, 2.75) is 71.6 Å². The van der Waals surface area contributed by atoms with Crippen molar-refractivity contribution >= 4 is 5.97 Å². The Bertz CT molecular complexity index is 277. The van der Waals surface area contributed by atoms with Gasteiger partial charge in [0.05, 0.1) is 5.41 Å². The van der Waals surface area contributed by atoms with Gasteiger partial charge in [0, 0.05) is 0 Å². The summed E-state index contributed by atoms with van der Waals surface area (Å²) in [5.74, 6) is 0.159. The fraction of sp³-hybridized carbons (Fsp3) is 0.933. The van der Waals surface area contributed by atoms with Crippen molar-refractivity contribution in [1.29, 1.82) is 0 Å². The lowest BCUT2D eigenvalue weighted by Crippen LogP contribution is -2.39. The Morgan fingerprint density at radius 2 is 1.65 bits per heavy atom. The molecule has 2 nitrogen and oxygen atoms in total.